The molecule has 1 aliphatic rings. The van der Waals surface area contributed by atoms with Crippen molar-refractivity contribution in [2.45, 2.75) is 12.7 Å². The fraction of sp³-hybridized carbons (Fsp3) is 0.286. The van der Waals surface area contributed by atoms with E-state index in [0.29, 0.717) is 41.0 Å². The Morgan fingerprint density at radius 1 is 1.13 bits per heavy atom. The fourth-order valence-corrected chi connectivity index (χ4v) is 4.24. The first-order chi connectivity index (χ1) is 18.9. The number of nitrogens with one attached hydrogen (secondary N) is 2. The second-order valence-corrected chi connectivity index (χ2v) is 9.27. The number of aromatic amines is 1. The topological polar surface area (TPSA) is 114 Å². The number of aromatic nitrogens is 4. The van der Waals surface area contributed by atoms with Crippen molar-refractivity contribution in [2.75, 3.05) is 39.7 Å². The Labute approximate surface area is 225 Å². The van der Waals surface area contributed by atoms with E-state index in [1.54, 1.807) is 45.6 Å². The third-order valence-corrected chi connectivity index (χ3v) is 6.22. The van der Waals surface area contributed by atoms with Gasteiger partial charge in [-0.25, -0.2) is 19.3 Å². The van der Waals surface area contributed by atoms with Crippen LogP contribution in [0.3, 0.4) is 0 Å². The molecule has 1 fully saturated rings. The summed E-state index contributed by atoms with van der Waals surface area (Å²) in [5.41, 5.74) is 3.33. The number of carbonyl (C=O) groups is 1. The molecule has 1 saturated heterocycles. The van der Waals surface area contributed by atoms with Gasteiger partial charge in [0, 0.05) is 37.6 Å². The Balaban J connectivity index is 1.40. The lowest BCUT2D eigenvalue weighted by Gasteiger charge is -2.29. The van der Waals surface area contributed by atoms with Crippen molar-refractivity contribution in [3.8, 4) is 28.4 Å². The number of anilines is 2. The van der Waals surface area contributed by atoms with Crippen LogP contribution in [0.4, 0.5) is 16.0 Å². The fourth-order valence-electron chi connectivity index (χ4n) is 4.24. The van der Waals surface area contributed by atoms with Crippen LogP contribution in [0.1, 0.15) is 5.82 Å². The number of ether oxygens (including phenoxy) is 3. The van der Waals surface area contributed by atoms with Crippen molar-refractivity contribution in [1.82, 2.24) is 24.8 Å². The Hall–Kier alpha value is -4.35. The van der Waals surface area contributed by atoms with Gasteiger partial charge in [-0.15, -0.1) is 0 Å². The molecular formula is C28H29FN6O4. The first kappa shape index (κ1) is 26.3. The van der Waals surface area contributed by atoms with Gasteiger partial charge in [0.2, 0.25) is 11.9 Å². The van der Waals surface area contributed by atoms with Crippen molar-refractivity contribution in [1.29, 1.82) is 0 Å². The monoisotopic (exact) mass is 532 g/mol. The highest BCUT2D eigenvalue weighted by molar-refractivity contribution is 5.79. The molecule has 202 valence electrons. The smallest absolute Gasteiger partial charge is 0.229 e. The predicted molar refractivity (Wildman–Crippen MR) is 143 cm³/mol. The summed E-state index contributed by atoms with van der Waals surface area (Å²) in [4.78, 5) is 30.9. The molecule has 10 nitrogen and oxygen atoms in total. The number of nitrogens with zero attached hydrogens (tertiary/aromatic N) is 4. The van der Waals surface area contributed by atoms with E-state index in [4.69, 9.17) is 24.2 Å². The maximum Gasteiger partial charge on any atom is 0.229 e. The van der Waals surface area contributed by atoms with Crippen LogP contribution in [-0.2, 0) is 20.7 Å². The largest absolute Gasteiger partial charge is 0.497 e. The maximum atomic E-state index is 13.7. The molecule has 0 unspecified atom stereocenters. The lowest BCUT2D eigenvalue weighted by Crippen LogP contribution is -2.42. The molecule has 11 heteroatoms. The van der Waals surface area contributed by atoms with E-state index >= 15 is 0 Å². The van der Waals surface area contributed by atoms with Gasteiger partial charge in [0.1, 0.15) is 17.4 Å². The van der Waals surface area contributed by atoms with Crippen LogP contribution in [0, 0.1) is 11.7 Å². The zero-order valence-corrected chi connectivity index (χ0v) is 21.8. The molecule has 0 spiro atoms. The lowest BCUT2D eigenvalue weighted by atomic mass is 10.1. The Morgan fingerprint density at radius 3 is 2.62 bits per heavy atom. The van der Waals surface area contributed by atoms with Crippen LogP contribution in [0.25, 0.3) is 22.6 Å². The molecule has 39 heavy (non-hydrogen) atoms. The van der Waals surface area contributed by atoms with E-state index in [0.717, 1.165) is 11.3 Å². The molecule has 2 N–H and O–H groups in total. The Kier molecular flexibility index (Phi) is 7.80. The first-order valence-electron chi connectivity index (χ1n) is 12.4. The summed E-state index contributed by atoms with van der Waals surface area (Å²) in [7, 11) is 5.02. The average Bonchev–Trinajstić information content (AvgIpc) is 3.37. The summed E-state index contributed by atoms with van der Waals surface area (Å²) in [5.74, 6) is 0.987. The molecule has 0 saturated carbocycles. The number of halogens is 1. The highest BCUT2D eigenvalue weighted by atomic mass is 19.1. The number of amides is 1. The van der Waals surface area contributed by atoms with Gasteiger partial charge in [-0.2, -0.15) is 0 Å². The number of benzene rings is 2. The molecule has 1 amide bonds. The number of imidazole rings is 1. The van der Waals surface area contributed by atoms with Crippen LogP contribution < -0.4 is 10.1 Å². The summed E-state index contributed by atoms with van der Waals surface area (Å²) in [5, 5.41) is 3.19. The van der Waals surface area contributed by atoms with E-state index in [1.807, 2.05) is 24.3 Å². The van der Waals surface area contributed by atoms with Crippen molar-refractivity contribution in [2.24, 2.45) is 5.92 Å². The van der Waals surface area contributed by atoms with Gasteiger partial charge in [0.15, 0.2) is 6.29 Å². The molecule has 5 rings (SSSR count). The Bertz CT molecular complexity index is 1430. The van der Waals surface area contributed by atoms with Crippen molar-refractivity contribution in [3.63, 3.8) is 0 Å². The normalized spacial score (nSPS) is 17.0. The summed E-state index contributed by atoms with van der Waals surface area (Å²) >= 11 is 0. The molecular weight excluding hydrogens is 503 g/mol. The van der Waals surface area contributed by atoms with Gasteiger partial charge < -0.3 is 29.4 Å². The van der Waals surface area contributed by atoms with E-state index in [1.165, 1.54) is 17.0 Å². The van der Waals surface area contributed by atoms with Crippen LogP contribution >= 0.6 is 0 Å². The number of H-pyrrole nitrogens is 1. The highest BCUT2D eigenvalue weighted by Crippen LogP contribution is 2.31. The standard InChI is InChI=1S/C28H29FN6O4/c1-35(2)27(36)18-15-38-24(39-16-18)14-23-33-25(17-7-9-19(29)10-8-17)26(34-23)22-11-12-30-28(32-22)31-20-5-4-6-21(13-20)37-3/h4-13,18,24H,14-16H2,1-3H3,(H,33,34)(H,30,31,32). The quantitative estimate of drug-likeness (QED) is 0.350. The summed E-state index contributed by atoms with van der Waals surface area (Å²) in [6.45, 7) is 0.538. The van der Waals surface area contributed by atoms with Crippen LogP contribution in [0.5, 0.6) is 5.75 Å². The molecule has 2 aromatic carbocycles. The van der Waals surface area contributed by atoms with Crippen molar-refractivity contribution in [3.05, 3.63) is 72.4 Å². The summed E-state index contributed by atoms with van der Waals surface area (Å²) in [6.07, 6.45) is 1.42. The SMILES string of the molecule is COc1cccc(Nc2nccc(-c3[nH]c(CC4OCC(C(=O)N(C)C)CO4)nc3-c3ccc(F)cc3)n2)c1. The minimum absolute atomic E-state index is 0.0329. The Morgan fingerprint density at radius 2 is 1.90 bits per heavy atom. The molecule has 0 aliphatic carbocycles. The van der Waals surface area contributed by atoms with Gasteiger partial charge in [-0.3, -0.25) is 4.79 Å². The van der Waals surface area contributed by atoms with E-state index in [2.05, 4.69) is 15.3 Å². The third kappa shape index (κ3) is 6.21. The second kappa shape index (κ2) is 11.6. The second-order valence-electron chi connectivity index (χ2n) is 9.27. The zero-order valence-electron chi connectivity index (χ0n) is 21.8. The van der Waals surface area contributed by atoms with Gasteiger partial charge in [-0.05, 0) is 42.5 Å². The zero-order chi connectivity index (χ0) is 27.4. The number of methoxy groups -OCH3 is 1. The molecule has 3 heterocycles. The van der Waals surface area contributed by atoms with Gasteiger partial charge in [0.25, 0.3) is 0 Å². The number of carbonyl (C=O) groups excluding carboxylic acids is 1. The first-order valence-corrected chi connectivity index (χ1v) is 12.4. The van der Waals surface area contributed by atoms with Crippen molar-refractivity contribution < 1.29 is 23.4 Å². The predicted octanol–water partition coefficient (Wildman–Crippen LogP) is 4.04. The molecule has 0 atom stereocenters. The van der Waals surface area contributed by atoms with E-state index < -0.39 is 6.29 Å². The molecule has 2 aromatic heterocycles. The van der Waals surface area contributed by atoms with Crippen LogP contribution in [0.15, 0.2) is 60.8 Å². The third-order valence-electron chi connectivity index (χ3n) is 6.22. The van der Waals surface area contributed by atoms with Crippen molar-refractivity contribution >= 4 is 17.5 Å². The van der Waals surface area contributed by atoms with Crippen LogP contribution in [0.2, 0.25) is 0 Å². The van der Waals surface area contributed by atoms with Gasteiger partial charge >= 0.3 is 0 Å². The molecule has 0 radical (unpaired) electrons. The summed E-state index contributed by atoms with van der Waals surface area (Å²) < 4.78 is 30.6. The highest BCUT2D eigenvalue weighted by Gasteiger charge is 2.29. The van der Waals surface area contributed by atoms with E-state index in [9.17, 15) is 9.18 Å². The maximum absolute atomic E-state index is 13.7. The number of hydrogen-bond acceptors (Lipinski definition) is 8. The summed E-state index contributed by atoms with van der Waals surface area (Å²) in [6, 6.07) is 15.3. The van der Waals surface area contributed by atoms with Crippen LogP contribution in [-0.4, -0.2) is 71.5 Å². The minimum Gasteiger partial charge on any atom is -0.497 e. The lowest BCUT2D eigenvalue weighted by molar-refractivity contribution is -0.203. The van der Waals surface area contributed by atoms with E-state index in [-0.39, 0.29) is 30.9 Å². The minimum atomic E-state index is -0.563. The number of rotatable bonds is 8. The number of hydrogen-bond donors (Lipinski definition) is 2. The molecule has 1 aliphatic heterocycles. The molecule has 0 bridgehead atoms. The average molecular weight is 533 g/mol. The van der Waals surface area contributed by atoms with Gasteiger partial charge in [0.05, 0.1) is 49.7 Å². The molecule has 4 aromatic rings. The van der Waals surface area contributed by atoms with Gasteiger partial charge in [-0.1, -0.05) is 6.07 Å².